The summed E-state index contributed by atoms with van der Waals surface area (Å²) in [5, 5.41) is 19.6. The molecule has 0 aromatic rings. The molecule has 40 heavy (non-hydrogen) atoms. The monoisotopic (exact) mass is 556 g/mol. The molecule has 0 amide bonds. The summed E-state index contributed by atoms with van der Waals surface area (Å²) < 4.78 is 5.78. The summed E-state index contributed by atoms with van der Waals surface area (Å²) in [6, 6.07) is 0. The van der Waals surface area contributed by atoms with Gasteiger partial charge in [-0.05, 0) is 116 Å². The normalized spacial score (nSPS) is 49.8. The highest BCUT2D eigenvalue weighted by Crippen LogP contribution is 2.75. The molecule has 5 rings (SSSR count). The topological polar surface area (TPSA) is 101 Å². The molecule has 0 bridgehead atoms. The van der Waals surface area contributed by atoms with Gasteiger partial charge < -0.3 is 14.9 Å². The van der Waals surface area contributed by atoms with Gasteiger partial charge in [-0.25, -0.2) is 0 Å². The summed E-state index contributed by atoms with van der Waals surface area (Å²) in [4.78, 5) is 36.5. The van der Waals surface area contributed by atoms with Crippen LogP contribution in [0, 0.1) is 56.7 Å². The minimum absolute atomic E-state index is 0.0917. The highest BCUT2D eigenvalue weighted by molar-refractivity contribution is 5.79. The van der Waals surface area contributed by atoms with Crippen molar-refractivity contribution in [3.05, 3.63) is 11.6 Å². The summed E-state index contributed by atoms with van der Waals surface area (Å²) in [5.41, 5.74) is 0.917. The van der Waals surface area contributed by atoms with Gasteiger partial charge in [0.05, 0.1) is 12.8 Å². The number of carboxylic acid groups (broad SMARTS) is 2. The van der Waals surface area contributed by atoms with Gasteiger partial charge in [0.15, 0.2) is 0 Å². The molecule has 0 spiro atoms. The smallest absolute Gasteiger partial charge is 0.313 e. The van der Waals surface area contributed by atoms with Crippen LogP contribution in [-0.2, 0) is 19.1 Å². The number of aliphatic carboxylic acids is 2. The molecule has 0 unspecified atom stereocenters. The van der Waals surface area contributed by atoms with Crippen molar-refractivity contribution in [2.24, 2.45) is 56.7 Å². The van der Waals surface area contributed by atoms with Crippen LogP contribution in [-0.4, -0.2) is 34.2 Å². The molecule has 0 radical (unpaired) electrons. The van der Waals surface area contributed by atoms with E-state index in [0.717, 1.165) is 31.6 Å². The number of carboxylic acids is 2. The number of ether oxygens (including phenoxy) is 1. The second-order valence-electron chi connectivity index (χ2n) is 15.8. The van der Waals surface area contributed by atoms with Gasteiger partial charge in [-0.1, -0.05) is 53.2 Å². The van der Waals surface area contributed by atoms with Gasteiger partial charge in [0.1, 0.15) is 11.5 Å². The quantitative estimate of drug-likeness (QED) is 0.268. The predicted molar refractivity (Wildman–Crippen MR) is 153 cm³/mol. The van der Waals surface area contributed by atoms with Gasteiger partial charge >= 0.3 is 17.9 Å². The Morgan fingerprint density at radius 3 is 2.23 bits per heavy atom. The molecule has 6 heteroatoms. The van der Waals surface area contributed by atoms with Crippen LogP contribution in [0.5, 0.6) is 0 Å². The fraction of sp³-hybridized carbons (Fsp3) is 0.853. The van der Waals surface area contributed by atoms with E-state index in [2.05, 4.69) is 47.6 Å². The lowest BCUT2D eigenvalue weighted by molar-refractivity contribution is -0.223. The molecule has 6 nitrogen and oxygen atoms in total. The molecule has 11 atom stereocenters. The minimum Gasteiger partial charge on any atom is -0.481 e. The zero-order chi connectivity index (χ0) is 29.5. The zero-order valence-electron chi connectivity index (χ0n) is 25.8. The molecule has 4 fully saturated rings. The zero-order valence-corrected chi connectivity index (χ0v) is 25.8. The molecular formula is C34H52O6. The Balaban J connectivity index is 1.49. The predicted octanol–water partition coefficient (Wildman–Crippen LogP) is 7.51. The van der Waals surface area contributed by atoms with Gasteiger partial charge in [-0.3, -0.25) is 14.4 Å². The molecule has 224 valence electrons. The van der Waals surface area contributed by atoms with Crippen LogP contribution in [0.4, 0.5) is 0 Å². The average molecular weight is 557 g/mol. The Hall–Kier alpha value is -1.85. The van der Waals surface area contributed by atoms with Crippen molar-refractivity contribution < 1.29 is 29.3 Å². The molecule has 0 aromatic carbocycles. The van der Waals surface area contributed by atoms with E-state index in [-0.39, 0.29) is 35.0 Å². The van der Waals surface area contributed by atoms with Gasteiger partial charge in [0.25, 0.3) is 0 Å². The van der Waals surface area contributed by atoms with Crippen LogP contribution in [0.1, 0.15) is 119 Å². The van der Waals surface area contributed by atoms with Crippen LogP contribution >= 0.6 is 0 Å². The number of rotatable bonds is 5. The van der Waals surface area contributed by atoms with Gasteiger partial charge in [0, 0.05) is 0 Å². The van der Waals surface area contributed by atoms with E-state index in [1.54, 1.807) is 12.5 Å². The Morgan fingerprint density at radius 1 is 0.875 bits per heavy atom. The lowest BCUT2D eigenvalue weighted by Gasteiger charge is -2.71. The summed E-state index contributed by atoms with van der Waals surface area (Å²) in [7, 11) is 0. The summed E-state index contributed by atoms with van der Waals surface area (Å²) in [6.45, 7) is 16.7. The number of carbonyl (C=O) groups excluding carboxylic acids is 1. The Bertz CT molecular complexity index is 1110. The lowest BCUT2D eigenvalue weighted by Crippen LogP contribution is -2.66. The second-order valence-corrected chi connectivity index (χ2v) is 15.8. The number of carbonyl (C=O) groups is 3. The molecule has 0 heterocycles. The maximum atomic E-state index is 13.0. The Kier molecular flexibility index (Phi) is 7.11. The van der Waals surface area contributed by atoms with Crippen LogP contribution in [0.25, 0.3) is 0 Å². The highest BCUT2D eigenvalue weighted by Gasteiger charge is 2.70. The first kappa shape index (κ1) is 29.6. The van der Waals surface area contributed by atoms with E-state index in [4.69, 9.17) is 9.84 Å². The fourth-order valence-electron chi connectivity index (χ4n) is 11.4. The van der Waals surface area contributed by atoms with Crippen molar-refractivity contribution in [2.75, 3.05) is 0 Å². The number of hydrogen-bond donors (Lipinski definition) is 2. The van der Waals surface area contributed by atoms with E-state index in [1.807, 2.05) is 0 Å². The van der Waals surface area contributed by atoms with Crippen molar-refractivity contribution in [1.82, 2.24) is 0 Å². The van der Waals surface area contributed by atoms with Crippen molar-refractivity contribution >= 4 is 17.9 Å². The first-order valence-corrected chi connectivity index (χ1v) is 15.9. The number of fused-ring (bicyclic) bond motifs is 7. The summed E-state index contributed by atoms with van der Waals surface area (Å²) in [5.74, 6) is -0.258. The standard InChI is InChI=1S/C34H52O6/c1-20-12-15-30(3)18-19-32(5)22(28(30)21(20)2)8-9-23-31(4)16-14-25(40-27(37)11-10-26(35)36)34(7,29(38)39)24(31)13-17-33(23,32)6/h8,20-21,23-25,28H,9-19H2,1-7H3,(H,35,36)(H,38,39)/t20-,21+,23-,24-,25+,28+,30-,31-,32-,33-,34-/m1/s1. The van der Waals surface area contributed by atoms with Crippen LogP contribution in [0.15, 0.2) is 11.6 Å². The van der Waals surface area contributed by atoms with E-state index >= 15 is 0 Å². The molecule has 5 aliphatic carbocycles. The van der Waals surface area contributed by atoms with Crippen molar-refractivity contribution in [2.45, 2.75) is 125 Å². The van der Waals surface area contributed by atoms with E-state index in [9.17, 15) is 19.5 Å². The van der Waals surface area contributed by atoms with E-state index in [0.29, 0.717) is 29.6 Å². The largest absolute Gasteiger partial charge is 0.481 e. The number of esters is 1. The number of allylic oxidation sites excluding steroid dienone is 2. The minimum atomic E-state index is -1.20. The maximum Gasteiger partial charge on any atom is 0.313 e. The van der Waals surface area contributed by atoms with Gasteiger partial charge in [-0.2, -0.15) is 0 Å². The lowest BCUT2D eigenvalue weighted by atomic mass is 9.33. The Morgan fingerprint density at radius 2 is 1.57 bits per heavy atom. The highest BCUT2D eigenvalue weighted by atomic mass is 16.5. The average Bonchev–Trinajstić information content (AvgIpc) is 2.87. The van der Waals surface area contributed by atoms with Crippen molar-refractivity contribution in [1.29, 1.82) is 0 Å². The number of hydrogen-bond acceptors (Lipinski definition) is 4. The van der Waals surface area contributed by atoms with Crippen LogP contribution in [0.2, 0.25) is 0 Å². The Labute approximate surface area is 240 Å². The van der Waals surface area contributed by atoms with Crippen LogP contribution < -0.4 is 0 Å². The summed E-state index contributed by atoms with van der Waals surface area (Å²) in [6.07, 6.45) is 10.6. The molecule has 0 aliphatic heterocycles. The fourth-order valence-corrected chi connectivity index (χ4v) is 11.4. The van der Waals surface area contributed by atoms with Gasteiger partial charge in [-0.15, -0.1) is 0 Å². The SMILES string of the molecule is C[C@H]1[C@H](C)CC[C@]2(C)CC[C@]3(C)C(=CC[C@@H]4[C@@]5(C)CC[C@H](OC(=O)CCC(=O)O)[C@](C)(C(=O)O)[C@@H]5CC[C@]43C)[C@H]12. The van der Waals surface area contributed by atoms with Crippen molar-refractivity contribution in [3.8, 4) is 0 Å². The van der Waals surface area contributed by atoms with Crippen LogP contribution in [0.3, 0.4) is 0 Å². The molecular weight excluding hydrogens is 504 g/mol. The molecule has 0 aromatic heterocycles. The molecule has 2 N–H and O–H groups in total. The van der Waals surface area contributed by atoms with E-state index in [1.165, 1.54) is 25.7 Å². The third-order valence-corrected chi connectivity index (χ3v) is 14.3. The first-order valence-electron chi connectivity index (χ1n) is 15.9. The van der Waals surface area contributed by atoms with Gasteiger partial charge in [0.2, 0.25) is 0 Å². The first-order chi connectivity index (χ1) is 18.5. The third-order valence-electron chi connectivity index (χ3n) is 14.3. The second kappa shape index (κ2) is 9.59. The molecule has 5 aliphatic rings. The summed E-state index contributed by atoms with van der Waals surface area (Å²) >= 11 is 0. The molecule has 0 saturated heterocycles. The van der Waals surface area contributed by atoms with E-state index < -0.39 is 29.4 Å². The maximum absolute atomic E-state index is 13.0. The van der Waals surface area contributed by atoms with Crippen molar-refractivity contribution in [3.63, 3.8) is 0 Å². The third kappa shape index (κ3) is 3.96. The molecule has 4 saturated carbocycles.